The summed E-state index contributed by atoms with van der Waals surface area (Å²) < 4.78 is 5.54. The van der Waals surface area contributed by atoms with E-state index in [4.69, 9.17) is 4.74 Å². The van der Waals surface area contributed by atoms with Gasteiger partial charge in [-0.2, -0.15) is 0 Å². The van der Waals surface area contributed by atoms with Crippen molar-refractivity contribution in [3.8, 4) is 5.75 Å². The molecule has 2 amide bonds. The van der Waals surface area contributed by atoms with Crippen molar-refractivity contribution in [2.45, 2.75) is 31.8 Å². The maximum Gasteiger partial charge on any atom is 0.258 e. The zero-order valence-corrected chi connectivity index (χ0v) is 19.4. The fourth-order valence-corrected chi connectivity index (χ4v) is 4.24. The summed E-state index contributed by atoms with van der Waals surface area (Å²) in [6, 6.07) is 27.0. The molecule has 1 aliphatic rings. The van der Waals surface area contributed by atoms with E-state index < -0.39 is 0 Å². The van der Waals surface area contributed by atoms with Gasteiger partial charge in [0, 0.05) is 24.8 Å². The van der Waals surface area contributed by atoms with E-state index in [0.717, 1.165) is 37.2 Å². The summed E-state index contributed by atoms with van der Waals surface area (Å²) in [6.45, 7) is 3.53. The molecular formula is C28H31N3O3. The molecule has 1 aliphatic heterocycles. The van der Waals surface area contributed by atoms with Crippen LogP contribution in [0.5, 0.6) is 5.75 Å². The van der Waals surface area contributed by atoms with Crippen molar-refractivity contribution >= 4 is 17.5 Å². The van der Waals surface area contributed by atoms with Crippen LogP contribution in [0.15, 0.2) is 84.9 Å². The third-order valence-corrected chi connectivity index (χ3v) is 6.11. The zero-order chi connectivity index (χ0) is 23.8. The minimum Gasteiger partial charge on any atom is -0.484 e. The number of carbonyl (C=O) groups is 2. The molecule has 0 unspecified atom stereocenters. The molecule has 0 spiro atoms. The lowest BCUT2D eigenvalue weighted by molar-refractivity contribution is -0.123. The number of carbonyl (C=O) groups excluding carboxylic acids is 2. The second-order valence-electron chi connectivity index (χ2n) is 8.55. The van der Waals surface area contributed by atoms with Crippen LogP contribution in [0.2, 0.25) is 0 Å². The quantitative estimate of drug-likeness (QED) is 0.528. The molecule has 0 aromatic heterocycles. The molecule has 0 saturated carbocycles. The average molecular weight is 458 g/mol. The van der Waals surface area contributed by atoms with Gasteiger partial charge in [0.15, 0.2) is 6.61 Å². The number of hydrogen-bond acceptors (Lipinski definition) is 4. The summed E-state index contributed by atoms with van der Waals surface area (Å²) in [7, 11) is 0. The van der Waals surface area contributed by atoms with E-state index in [2.05, 4.69) is 15.5 Å². The Labute approximate surface area is 200 Å². The van der Waals surface area contributed by atoms with Crippen molar-refractivity contribution < 1.29 is 14.3 Å². The molecule has 1 heterocycles. The lowest BCUT2D eigenvalue weighted by Gasteiger charge is -2.35. The largest absolute Gasteiger partial charge is 0.484 e. The number of anilines is 1. The Bertz CT molecular complexity index is 1080. The molecule has 6 heteroatoms. The summed E-state index contributed by atoms with van der Waals surface area (Å²) >= 11 is 0. The van der Waals surface area contributed by atoms with E-state index >= 15 is 0 Å². The van der Waals surface area contributed by atoms with Gasteiger partial charge in [0.2, 0.25) is 0 Å². The van der Waals surface area contributed by atoms with E-state index in [-0.39, 0.29) is 30.5 Å². The van der Waals surface area contributed by atoms with Gasteiger partial charge < -0.3 is 20.3 Å². The number of nitrogens with zero attached hydrogens (tertiary/aromatic N) is 1. The fourth-order valence-electron chi connectivity index (χ4n) is 4.24. The summed E-state index contributed by atoms with van der Waals surface area (Å²) in [4.78, 5) is 27.6. The fraction of sp³-hybridized carbons (Fsp3) is 0.286. The first-order valence-corrected chi connectivity index (χ1v) is 11.8. The maximum absolute atomic E-state index is 13.1. The van der Waals surface area contributed by atoms with Crippen LogP contribution in [-0.2, 0) is 4.79 Å². The number of benzene rings is 3. The summed E-state index contributed by atoms with van der Waals surface area (Å²) in [5, 5.41) is 6.19. The Morgan fingerprint density at radius 1 is 0.912 bits per heavy atom. The van der Waals surface area contributed by atoms with E-state index in [0.29, 0.717) is 11.3 Å². The van der Waals surface area contributed by atoms with Gasteiger partial charge in [-0.15, -0.1) is 0 Å². The number of rotatable bonds is 8. The molecule has 176 valence electrons. The van der Waals surface area contributed by atoms with Crippen LogP contribution in [0.4, 0.5) is 5.69 Å². The highest BCUT2D eigenvalue weighted by Crippen LogP contribution is 2.25. The van der Waals surface area contributed by atoms with Crippen LogP contribution < -0.4 is 20.3 Å². The van der Waals surface area contributed by atoms with Gasteiger partial charge in [-0.25, -0.2) is 0 Å². The number of nitrogens with one attached hydrogen (secondary N) is 2. The predicted octanol–water partition coefficient (Wildman–Crippen LogP) is 4.34. The number of amides is 2. The smallest absolute Gasteiger partial charge is 0.258 e. The van der Waals surface area contributed by atoms with Crippen LogP contribution >= 0.6 is 0 Å². The van der Waals surface area contributed by atoms with Crippen LogP contribution in [0.3, 0.4) is 0 Å². The third-order valence-electron chi connectivity index (χ3n) is 6.11. The monoisotopic (exact) mass is 457 g/mol. The van der Waals surface area contributed by atoms with Crippen molar-refractivity contribution in [2.75, 3.05) is 24.6 Å². The molecule has 0 aliphatic carbocycles. The van der Waals surface area contributed by atoms with Crippen LogP contribution in [0.25, 0.3) is 0 Å². The van der Waals surface area contributed by atoms with Crippen molar-refractivity contribution in [3.05, 3.63) is 96.1 Å². The highest BCUT2D eigenvalue weighted by atomic mass is 16.5. The summed E-state index contributed by atoms with van der Waals surface area (Å²) in [6.07, 6.45) is 1.63. The standard InChI is InChI=1S/C28H31N3O3/c1-21(22-10-4-2-5-11-22)29-28(33)25-14-8-9-15-26(25)31-18-16-23(17-19-31)30-27(32)20-34-24-12-6-3-7-13-24/h2-15,21,23H,16-20H2,1H3,(H,29,33)(H,30,32)/t21-/m1/s1. The molecule has 4 rings (SSSR count). The second kappa shape index (κ2) is 11.4. The van der Waals surface area contributed by atoms with Crippen LogP contribution in [-0.4, -0.2) is 37.6 Å². The van der Waals surface area contributed by atoms with Crippen LogP contribution in [0, 0.1) is 0 Å². The number of ether oxygens (including phenoxy) is 1. The lowest BCUT2D eigenvalue weighted by atomic mass is 10.0. The van der Waals surface area contributed by atoms with Crippen molar-refractivity contribution in [1.29, 1.82) is 0 Å². The zero-order valence-electron chi connectivity index (χ0n) is 19.4. The molecule has 6 nitrogen and oxygen atoms in total. The van der Waals surface area contributed by atoms with E-state index in [9.17, 15) is 9.59 Å². The Hall–Kier alpha value is -3.80. The van der Waals surface area contributed by atoms with E-state index in [1.54, 1.807) is 0 Å². The van der Waals surface area contributed by atoms with Gasteiger partial charge in [-0.3, -0.25) is 9.59 Å². The Morgan fingerprint density at radius 3 is 2.24 bits per heavy atom. The first kappa shape index (κ1) is 23.4. The minimum absolute atomic E-state index is 0.00678. The number of piperidine rings is 1. The van der Waals surface area contributed by atoms with Gasteiger partial charge >= 0.3 is 0 Å². The van der Waals surface area contributed by atoms with Crippen molar-refractivity contribution in [1.82, 2.24) is 10.6 Å². The molecule has 0 bridgehead atoms. The average Bonchev–Trinajstić information content (AvgIpc) is 2.89. The van der Waals surface area contributed by atoms with Crippen LogP contribution in [0.1, 0.15) is 41.7 Å². The Balaban J connectivity index is 1.30. The Kier molecular flexibility index (Phi) is 7.81. The molecule has 3 aromatic carbocycles. The number of para-hydroxylation sites is 2. The molecule has 3 aromatic rings. The maximum atomic E-state index is 13.1. The topological polar surface area (TPSA) is 70.7 Å². The van der Waals surface area contributed by atoms with Gasteiger partial charge in [-0.1, -0.05) is 60.7 Å². The summed E-state index contributed by atoms with van der Waals surface area (Å²) in [5.41, 5.74) is 2.67. The molecule has 1 saturated heterocycles. The Morgan fingerprint density at radius 2 is 1.53 bits per heavy atom. The molecule has 1 atom stereocenters. The second-order valence-corrected chi connectivity index (χ2v) is 8.55. The van der Waals surface area contributed by atoms with Crippen molar-refractivity contribution in [2.24, 2.45) is 0 Å². The molecule has 2 N–H and O–H groups in total. The molecule has 0 radical (unpaired) electrons. The molecule has 1 fully saturated rings. The third kappa shape index (κ3) is 6.16. The van der Waals surface area contributed by atoms with E-state index in [1.807, 2.05) is 91.9 Å². The first-order valence-electron chi connectivity index (χ1n) is 11.8. The molecule has 34 heavy (non-hydrogen) atoms. The van der Waals surface area contributed by atoms with Crippen molar-refractivity contribution in [3.63, 3.8) is 0 Å². The lowest BCUT2D eigenvalue weighted by Crippen LogP contribution is -2.46. The van der Waals surface area contributed by atoms with Gasteiger partial charge in [0.1, 0.15) is 5.75 Å². The molecular weight excluding hydrogens is 426 g/mol. The van der Waals surface area contributed by atoms with Gasteiger partial charge in [0.25, 0.3) is 11.8 Å². The normalized spacial score (nSPS) is 14.8. The minimum atomic E-state index is -0.114. The van der Waals surface area contributed by atoms with E-state index in [1.165, 1.54) is 0 Å². The van der Waals surface area contributed by atoms with Gasteiger partial charge in [0.05, 0.1) is 11.6 Å². The SMILES string of the molecule is C[C@@H](NC(=O)c1ccccc1N1CCC(NC(=O)COc2ccccc2)CC1)c1ccccc1. The van der Waals surface area contributed by atoms with Gasteiger partial charge in [-0.05, 0) is 49.6 Å². The predicted molar refractivity (Wildman–Crippen MR) is 134 cm³/mol. The highest BCUT2D eigenvalue weighted by Gasteiger charge is 2.24. The first-order chi connectivity index (χ1) is 16.6. The highest BCUT2D eigenvalue weighted by molar-refractivity contribution is 6.00. The summed E-state index contributed by atoms with van der Waals surface area (Å²) in [5.74, 6) is 0.487. The number of hydrogen-bond donors (Lipinski definition) is 2.